The summed E-state index contributed by atoms with van der Waals surface area (Å²) in [5.41, 5.74) is 1.09. The van der Waals surface area contributed by atoms with Crippen molar-refractivity contribution in [3.8, 4) is 0 Å². The molecule has 1 atom stereocenters. The van der Waals surface area contributed by atoms with Crippen molar-refractivity contribution in [2.75, 3.05) is 13.6 Å². The van der Waals surface area contributed by atoms with Crippen LogP contribution in [0.5, 0.6) is 0 Å². The minimum Gasteiger partial charge on any atom is -0.338 e. The van der Waals surface area contributed by atoms with Gasteiger partial charge >= 0.3 is 6.03 Å². The maximum Gasteiger partial charge on any atom is 0.321 e. The topological polar surface area (TPSA) is 61.4 Å². The van der Waals surface area contributed by atoms with Crippen molar-refractivity contribution in [3.63, 3.8) is 0 Å². The number of carbonyl (C=O) groups excluding carboxylic acids is 2. The van der Waals surface area contributed by atoms with Crippen LogP contribution in [0.3, 0.4) is 0 Å². The molecule has 6 heteroatoms. The number of halogens is 1. The second kappa shape index (κ2) is 8.01. The minimum atomic E-state index is -0.460. The van der Waals surface area contributed by atoms with E-state index in [9.17, 15) is 9.59 Å². The lowest BCUT2D eigenvalue weighted by atomic mass is 10.2. The predicted molar refractivity (Wildman–Crippen MR) is 82.3 cm³/mol. The molecule has 0 aliphatic carbocycles. The molecule has 5 nitrogen and oxygen atoms in total. The Bertz CT molecular complexity index is 479. The monoisotopic (exact) mass is 341 g/mol. The molecular formula is C14H20BrN3O2. The first-order valence-electron chi connectivity index (χ1n) is 6.48. The van der Waals surface area contributed by atoms with Gasteiger partial charge in [-0.3, -0.25) is 15.0 Å². The van der Waals surface area contributed by atoms with Crippen molar-refractivity contribution in [1.82, 2.24) is 15.5 Å². The molecule has 0 aliphatic heterocycles. The van der Waals surface area contributed by atoms with Gasteiger partial charge < -0.3 is 5.32 Å². The molecule has 0 aliphatic rings. The molecule has 0 spiro atoms. The van der Waals surface area contributed by atoms with E-state index in [0.29, 0.717) is 13.1 Å². The smallest absolute Gasteiger partial charge is 0.321 e. The molecule has 0 aromatic heterocycles. The molecule has 110 valence electrons. The maximum absolute atomic E-state index is 11.9. The van der Waals surface area contributed by atoms with Gasteiger partial charge in [0.1, 0.15) is 0 Å². The van der Waals surface area contributed by atoms with Crippen LogP contribution in [-0.4, -0.2) is 36.5 Å². The summed E-state index contributed by atoms with van der Waals surface area (Å²) in [5.74, 6) is -0.314. The zero-order valence-electron chi connectivity index (χ0n) is 11.9. The zero-order valence-corrected chi connectivity index (χ0v) is 13.5. The highest BCUT2D eigenvalue weighted by Gasteiger charge is 2.20. The number of amides is 3. The summed E-state index contributed by atoms with van der Waals surface area (Å²) < 4.78 is 1.00. The van der Waals surface area contributed by atoms with Gasteiger partial charge in [-0.15, -0.1) is 0 Å². The summed E-state index contributed by atoms with van der Waals surface area (Å²) >= 11 is 3.48. The molecule has 1 rings (SSSR count). The Kier molecular flexibility index (Phi) is 6.67. The maximum atomic E-state index is 11.9. The molecule has 1 aromatic rings. The minimum absolute atomic E-state index is 0.314. The van der Waals surface area contributed by atoms with Crippen molar-refractivity contribution < 1.29 is 9.59 Å². The van der Waals surface area contributed by atoms with Crippen LogP contribution < -0.4 is 10.6 Å². The standard InChI is InChI=1S/C14H20BrN3O2/c1-4-16-14(20)17-13(19)10(2)18(3)9-11-7-5-6-8-12(11)15/h5-8,10H,4,9H2,1-3H3,(H2,16,17,19,20)/t10-/m0/s1. The van der Waals surface area contributed by atoms with Gasteiger partial charge in [0.15, 0.2) is 0 Å². The lowest BCUT2D eigenvalue weighted by Gasteiger charge is -2.24. The first kappa shape index (κ1) is 16.7. The highest BCUT2D eigenvalue weighted by molar-refractivity contribution is 9.10. The highest BCUT2D eigenvalue weighted by atomic mass is 79.9. The highest BCUT2D eigenvalue weighted by Crippen LogP contribution is 2.18. The van der Waals surface area contributed by atoms with E-state index in [1.165, 1.54) is 0 Å². The summed E-state index contributed by atoms with van der Waals surface area (Å²) in [7, 11) is 1.85. The normalized spacial score (nSPS) is 12.1. The molecule has 0 radical (unpaired) electrons. The van der Waals surface area contributed by atoms with Crippen molar-refractivity contribution in [2.45, 2.75) is 26.4 Å². The van der Waals surface area contributed by atoms with E-state index < -0.39 is 12.1 Å². The van der Waals surface area contributed by atoms with E-state index in [4.69, 9.17) is 0 Å². The number of nitrogens with one attached hydrogen (secondary N) is 2. The number of carbonyl (C=O) groups is 2. The summed E-state index contributed by atoms with van der Waals surface area (Å²) in [6.45, 7) is 4.67. The molecule has 2 N–H and O–H groups in total. The van der Waals surface area contributed by atoms with E-state index >= 15 is 0 Å². The fraction of sp³-hybridized carbons (Fsp3) is 0.429. The Morgan fingerprint density at radius 2 is 2.00 bits per heavy atom. The predicted octanol–water partition coefficient (Wildman–Crippen LogP) is 2.12. The summed E-state index contributed by atoms with van der Waals surface area (Å²) in [5, 5.41) is 4.85. The second-order valence-corrected chi connectivity index (χ2v) is 5.39. The molecule has 3 amide bonds. The number of rotatable bonds is 5. The van der Waals surface area contributed by atoms with Gasteiger partial charge in [-0.2, -0.15) is 0 Å². The Labute approximate surface area is 127 Å². The molecule has 1 aromatic carbocycles. The van der Waals surface area contributed by atoms with Crippen LogP contribution >= 0.6 is 15.9 Å². The Morgan fingerprint density at radius 3 is 2.60 bits per heavy atom. The number of imide groups is 1. The molecular weight excluding hydrogens is 322 g/mol. The van der Waals surface area contributed by atoms with Gasteiger partial charge in [-0.1, -0.05) is 34.1 Å². The third-order valence-electron chi connectivity index (χ3n) is 2.99. The third-order valence-corrected chi connectivity index (χ3v) is 3.77. The molecule has 0 fully saturated rings. The van der Waals surface area contributed by atoms with Crippen molar-refractivity contribution >= 4 is 27.9 Å². The van der Waals surface area contributed by atoms with Gasteiger partial charge in [0, 0.05) is 17.6 Å². The van der Waals surface area contributed by atoms with E-state index in [2.05, 4.69) is 26.6 Å². The number of nitrogens with zero attached hydrogens (tertiary/aromatic N) is 1. The molecule has 0 bridgehead atoms. The second-order valence-electron chi connectivity index (χ2n) is 4.53. The SMILES string of the molecule is CCNC(=O)NC(=O)[C@H](C)N(C)Cc1ccccc1Br. The van der Waals surface area contributed by atoms with Crippen LogP contribution in [0, 0.1) is 0 Å². The number of benzene rings is 1. The van der Waals surface area contributed by atoms with Gasteiger partial charge in [0.2, 0.25) is 5.91 Å². The Balaban J connectivity index is 2.58. The largest absolute Gasteiger partial charge is 0.338 e. The molecule has 0 saturated carbocycles. The molecule has 0 unspecified atom stereocenters. The quantitative estimate of drug-likeness (QED) is 0.862. The fourth-order valence-electron chi connectivity index (χ4n) is 1.65. The van der Waals surface area contributed by atoms with Gasteiger partial charge in [0.05, 0.1) is 6.04 Å². The van der Waals surface area contributed by atoms with Crippen LogP contribution in [0.25, 0.3) is 0 Å². The van der Waals surface area contributed by atoms with Gasteiger partial charge in [-0.05, 0) is 32.5 Å². The van der Waals surface area contributed by atoms with Crippen LogP contribution in [0.1, 0.15) is 19.4 Å². The van der Waals surface area contributed by atoms with Crippen LogP contribution in [0.15, 0.2) is 28.7 Å². The zero-order chi connectivity index (χ0) is 15.1. The number of urea groups is 1. The summed E-state index contributed by atoms with van der Waals surface area (Å²) in [6, 6.07) is 6.99. The van der Waals surface area contributed by atoms with Crippen molar-refractivity contribution in [2.24, 2.45) is 0 Å². The fourth-order valence-corrected chi connectivity index (χ4v) is 2.06. The Morgan fingerprint density at radius 1 is 1.35 bits per heavy atom. The van der Waals surface area contributed by atoms with Crippen LogP contribution in [0.2, 0.25) is 0 Å². The molecule has 0 heterocycles. The average molecular weight is 342 g/mol. The van der Waals surface area contributed by atoms with Gasteiger partial charge in [-0.25, -0.2) is 4.79 Å². The van der Waals surface area contributed by atoms with E-state index in [1.807, 2.05) is 36.2 Å². The van der Waals surface area contributed by atoms with Crippen LogP contribution in [0.4, 0.5) is 4.79 Å². The van der Waals surface area contributed by atoms with Gasteiger partial charge in [0.25, 0.3) is 0 Å². The summed E-state index contributed by atoms with van der Waals surface area (Å²) in [6.07, 6.45) is 0. The molecule has 20 heavy (non-hydrogen) atoms. The number of likely N-dealkylation sites (N-methyl/N-ethyl adjacent to an activating group) is 1. The first-order valence-corrected chi connectivity index (χ1v) is 7.27. The molecule has 0 saturated heterocycles. The number of hydrogen-bond acceptors (Lipinski definition) is 3. The van der Waals surface area contributed by atoms with Crippen LogP contribution in [-0.2, 0) is 11.3 Å². The van der Waals surface area contributed by atoms with Crippen molar-refractivity contribution in [3.05, 3.63) is 34.3 Å². The number of hydrogen-bond donors (Lipinski definition) is 2. The first-order chi connectivity index (χ1) is 9.45. The summed E-state index contributed by atoms with van der Waals surface area (Å²) in [4.78, 5) is 25.1. The van der Waals surface area contributed by atoms with E-state index in [0.717, 1.165) is 10.0 Å². The lowest BCUT2D eigenvalue weighted by molar-refractivity contribution is -0.124. The third kappa shape index (κ3) is 4.94. The Hall–Kier alpha value is -1.40. The van der Waals surface area contributed by atoms with Crippen molar-refractivity contribution in [1.29, 1.82) is 0 Å². The lowest BCUT2D eigenvalue weighted by Crippen LogP contribution is -2.48. The average Bonchev–Trinajstić information content (AvgIpc) is 2.40. The van der Waals surface area contributed by atoms with E-state index in [-0.39, 0.29) is 5.91 Å². The van der Waals surface area contributed by atoms with E-state index in [1.54, 1.807) is 13.8 Å².